The highest BCUT2D eigenvalue weighted by molar-refractivity contribution is 5.75. The summed E-state index contributed by atoms with van der Waals surface area (Å²) in [6, 6.07) is 0. The number of nitrogens with zero attached hydrogens (tertiary/aromatic N) is 2. The summed E-state index contributed by atoms with van der Waals surface area (Å²) in [4.78, 5) is 27.4. The predicted octanol–water partition coefficient (Wildman–Crippen LogP) is -0.518. The summed E-state index contributed by atoms with van der Waals surface area (Å²) in [7, 11) is 0. The summed E-state index contributed by atoms with van der Waals surface area (Å²) in [5, 5.41) is 0. The first-order valence-electron chi connectivity index (χ1n) is 3.56. The Kier molecular flexibility index (Phi) is 2.83. The molecule has 0 bridgehead atoms. The minimum Gasteiger partial charge on any atom is -0.381 e. The highest BCUT2D eigenvalue weighted by atomic mass is 19.4. The first kappa shape index (κ1) is 11.9. The van der Waals surface area contributed by atoms with Gasteiger partial charge in [-0.25, -0.2) is 14.0 Å². The zero-order valence-corrected chi connectivity index (χ0v) is 7.29. The van der Waals surface area contributed by atoms with Crippen molar-refractivity contribution in [2.75, 3.05) is 5.73 Å². The van der Waals surface area contributed by atoms with Crippen molar-refractivity contribution in [3.05, 3.63) is 22.5 Å². The van der Waals surface area contributed by atoms with E-state index in [2.05, 4.69) is 9.82 Å². The number of hydrogen-bond donors (Lipinski definition) is 1. The molecule has 6 nitrogen and oxygen atoms in total. The van der Waals surface area contributed by atoms with Crippen molar-refractivity contribution in [3.8, 4) is 0 Å². The lowest BCUT2D eigenvalue weighted by Crippen LogP contribution is -2.39. The smallest absolute Gasteiger partial charge is 0.381 e. The molecule has 0 saturated carbocycles. The van der Waals surface area contributed by atoms with Gasteiger partial charge in [0.15, 0.2) is 11.6 Å². The SMILES string of the molecule is Nc1nc(=O)n(OC(=O)C(F)(F)F)cc1F. The minimum atomic E-state index is -5.31. The van der Waals surface area contributed by atoms with Crippen LogP contribution in [0.2, 0.25) is 0 Å². The van der Waals surface area contributed by atoms with Crippen LogP contribution in [-0.2, 0) is 4.79 Å². The van der Waals surface area contributed by atoms with Crippen LogP contribution in [0, 0.1) is 5.82 Å². The van der Waals surface area contributed by atoms with E-state index in [9.17, 15) is 27.2 Å². The first-order chi connectivity index (χ1) is 7.21. The second-order valence-electron chi connectivity index (χ2n) is 2.46. The summed E-state index contributed by atoms with van der Waals surface area (Å²) in [5.74, 6) is -4.79. The number of halogens is 4. The van der Waals surface area contributed by atoms with Crippen molar-refractivity contribution in [3.63, 3.8) is 0 Å². The van der Waals surface area contributed by atoms with E-state index in [1.165, 1.54) is 0 Å². The van der Waals surface area contributed by atoms with Crippen LogP contribution >= 0.6 is 0 Å². The van der Waals surface area contributed by atoms with Crippen LogP contribution < -0.4 is 16.3 Å². The molecule has 0 radical (unpaired) electrons. The quantitative estimate of drug-likeness (QED) is 0.668. The van der Waals surface area contributed by atoms with E-state index in [0.29, 0.717) is 0 Å². The Morgan fingerprint density at radius 3 is 2.56 bits per heavy atom. The van der Waals surface area contributed by atoms with E-state index in [1.807, 2.05) is 0 Å². The number of rotatable bonds is 1. The third-order valence-electron chi connectivity index (χ3n) is 1.29. The zero-order valence-electron chi connectivity index (χ0n) is 7.29. The molecule has 88 valence electrons. The van der Waals surface area contributed by atoms with Crippen molar-refractivity contribution in [2.24, 2.45) is 0 Å². The topological polar surface area (TPSA) is 87.2 Å². The standard InChI is InChI=1S/C6H3F4N3O3/c7-2-1-13(5(15)12-3(2)11)16-4(14)6(8,9)10/h1H,(H2,11,12,15). The maximum absolute atomic E-state index is 12.7. The monoisotopic (exact) mass is 241 g/mol. The van der Waals surface area contributed by atoms with Crippen molar-refractivity contribution >= 4 is 11.8 Å². The molecule has 0 fully saturated rings. The highest BCUT2D eigenvalue weighted by Crippen LogP contribution is 2.14. The molecule has 2 N–H and O–H groups in total. The van der Waals surface area contributed by atoms with Gasteiger partial charge < -0.3 is 10.6 Å². The summed E-state index contributed by atoms with van der Waals surface area (Å²) in [6.07, 6.45) is -5.13. The normalized spacial score (nSPS) is 11.2. The molecule has 0 atom stereocenters. The lowest BCUT2D eigenvalue weighted by atomic mass is 10.6. The Hall–Kier alpha value is -2.13. The Balaban J connectivity index is 3.04. The molecule has 0 unspecified atom stereocenters. The Bertz CT molecular complexity index is 481. The largest absolute Gasteiger partial charge is 0.493 e. The molecule has 16 heavy (non-hydrogen) atoms. The molecule has 0 aliphatic heterocycles. The van der Waals surface area contributed by atoms with Crippen LogP contribution in [0.1, 0.15) is 0 Å². The fourth-order valence-electron chi connectivity index (χ4n) is 0.637. The van der Waals surface area contributed by atoms with E-state index in [1.54, 1.807) is 0 Å². The van der Waals surface area contributed by atoms with E-state index in [0.717, 1.165) is 0 Å². The van der Waals surface area contributed by atoms with Crippen LogP contribution in [0.4, 0.5) is 23.4 Å². The van der Waals surface area contributed by atoms with E-state index >= 15 is 0 Å². The molecular formula is C6H3F4N3O3. The van der Waals surface area contributed by atoms with Gasteiger partial charge in [-0.1, -0.05) is 0 Å². The lowest BCUT2D eigenvalue weighted by Gasteiger charge is -2.07. The van der Waals surface area contributed by atoms with Crippen molar-refractivity contribution in [1.29, 1.82) is 0 Å². The average molecular weight is 241 g/mol. The zero-order chi connectivity index (χ0) is 12.5. The first-order valence-corrected chi connectivity index (χ1v) is 3.56. The molecule has 1 aromatic heterocycles. The Morgan fingerprint density at radius 2 is 2.06 bits per heavy atom. The van der Waals surface area contributed by atoms with Crippen molar-refractivity contribution in [2.45, 2.75) is 6.18 Å². The van der Waals surface area contributed by atoms with Gasteiger partial charge in [-0.05, 0) is 0 Å². The fourth-order valence-corrected chi connectivity index (χ4v) is 0.637. The van der Waals surface area contributed by atoms with E-state index < -0.39 is 29.5 Å². The molecule has 1 aromatic rings. The Morgan fingerprint density at radius 1 is 1.50 bits per heavy atom. The van der Waals surface area contributed by atoms with Gasteiger partial charge in [-0.15, -0.1) is 4.73 Å². The number of anilines is 1. The molecule has 0 aliphatic rings. The second kappa shape index (κ2) is 3.79. The molecule has 10 heteroatoms. The number of carbonyl (C=O) groups is 1. The maximum Gasteiger partial charge on any atom is 0.493 e. The summed E-state index contributed by atoms with van der Waals surface area (Å²) >= 11 is 0. The fraction of sp³-hybridized carbons (Fsp3) is 0.167. The van der Waals surface area contributed by atoms with Crippen LogP contribution in [0.3, 0.4) is 0 Å². The predicted molar refractivity (Wildman–Crippen MR) is 40.5 cm³/mol. The second-order valence-corrected chi connectivity index (χ2v) is 2.46. The third kappa shape index (κ3) is 2.46. The number of nitrogens with two attached hydrogens (primary N) is 1. The van der Waals surface area contributed by atoms with Gasteiger partial charge in [-0.2, -0.15) is 18.2 Å². The number of alkyl halides is 3. The number of aromatic nitrogens is 2. The van der Waals surface area contributed by atoms with Crippen molar-refractivity contribution in [1.82, 2.24) is 9.71 Å². The summed E-state index contributed by atoms with van der Waals surface area (Å²) in [5.41, 5.74) is 3.40. The summed E-state index contributed by atoms with van der Waals surface area (Å²) < 4.78 is 47.5. The van der Waals surface area contributed by atoms with Gasteiger partial charge >= 0.3 is 17.8 Å². The van der Waals surface area contributed by atoms with Gasteiger partial charge in [0.2, 0.25) is 0 Å². The Labute approximate surface area is 84.2 Å². The van der Waals surface area contributed by atoms with Crippen LogP contribution in [0.15, 0.2) is 11.0 Å². The maximum atomic E-state index is 12.7. The van der Waals surface area contributed by atoms with Crippen LogP contribution in [0.5, 0.6) is 0 Å². The molecule has 0 amide bonds. The van der Waals surface area contributed by atoms with Gasteiger partial charge in [0.1, 0.15) is 0 Å². The van der Waals surface area contributed by atoms with E-state index in [4.69, 9.17) is 5.73 Å². The third-order valence-corrected chi connectivity index (χ3v) is 1.29. The highest BCUT2D eigenvalue weighted by Gasteiger charge is 2.42. The molecule has 0 spiro atoms. The van der Waals surface area contributed by atoms with Crippen molar-refractivity contribution < 1.29 is 27.2 Å². The molecule has 1 rings (SSSR count). The van der Waals surface area contributed by atoms with E-state index in [-0.39, 0.29) is 10.9 Å². The van der Waals surface area contributed by atoms with Crippen LogP contribution in [-0.4, -0.2) is 21.9 Å². The molecule has 0 aromatic carbocycles. The molecule has 0 saturated heterocycles. The number of carbonyl (C=O) groups excluding carboxylic acids is 1. The number of hydrogen-bond acceptors (Lipinski definition) is 5. The molecular weight excluding hydrogens is 238 g/mol. The van der Waals surface area contributed by atoms with Gasteiger partial charge in [0.05, 0.1) is 6.20 Å². The molecule has 0 aliphatic carbocycles. The van der Waals surface area contributed by atoms with Crippen LogP contribution in [0.25, 0.3) is 0 Å². The molecule has 1 heterocycles. The van der Waals surface area contributed by atoms with Gasteiger partial charge in [0, 0.05) is 0 Å². The average Bonchev–Trinajstić information content (AvgIpc) is 2.12. The minimum absolute atomic E-state index is 0.175. The summed E-state index contributed by atoms with van der Waals surface area (Å²) in [6.45, 7) is 0. The van der Waals surface area contributed by atoms with Gasteiger partial charge in [-0.3, -0.25) is 0 Å². The lowest BCUT2D eigenvalue weighted by molar-refractivity contribution is -0.200. The van der Waals surface area contributed by atoms with Gasteiger partial charge in [0.25, 0.3) is 0 Å². The number of nitrogen functional groups attached to an aromatic ring is 1.